The number of carbonyl (C=O) groups is 2. The number of ether oxygens (including phenoxy) is 3. The van der Waals surface area contributed by atoms with E-state index in [9.17, 15) is 24.9 Å². The molecule has 1 heterocycles. The summed E-state index contributed by atoms with van der Waals surface area (Å²) in [5.74, 6) is -3.39. The molecule has 2 aromatic carbocycles. The van der Waals surface area contributed by atoms with E-state index in [1.165, 1.54) is 13.2 Å². The number of rotatable bonds is 5. The Kier molecular flexibility index (Phi) is 6.29. The maximum absolute atomic E-state index is 13.7. The monoisotopic (exact) mass is 523 g/mol. The number of hydrogen-bond acceptors (Lipinski definition) is 9. The number of aromatic hydroxyl groups is 2. The Morgan fingerprint density at radius 2 is 1.82 bits per heavy atom. The maximum Gasteiger partial charge on any atom is 0.202 e. The predicted molar refractivity (Wildman–Crippen MR) is 138 cm³/mol. The third-order valence-corrected chi connectivity index (χ3v) is 8.07. The summed E-state index contributed by atoms with van der Waals surface area (Å²) in [6.07, 6.45) is 1.55. The third kappa shape index (κ3) is 3.88. The second kappa shape index (κ2) is 9.11. The minimum absolute atomic E-state index is 0.0262. The van der Waals surface area contributed by atoms with Gasteiger partial charge in [0.1, 0.15) is 17.2 Å². The minimum Gasteiger partial charge on any atom is -0.507 e. The van der Waals surface area contributed by atoms with E-state index in [0.29, 0.717) is 13.0 Å². The van der Waals surface area contributed by atoms with E-state index >= 15 is 0 Å². The van der Waals surface area contributed by atoms with Crippen molar-refractivity contribution in [3.05, 3.63) is 63.4 Å². The van der Waals surface area contributed by atoms with Gasteiger partial charge in [-0.2, -0.15) is 0 Å². The molecule has 5 rings (SSSR count). The molecule has 0 aromatic heterocycles. The molecule has 4 N–H and O–H groups in total. The van der Waals surface area contributed by atoms with Gasteiger partial charge in [-0.1, -0.05) is 26.0 Å². The number of ketones is 2. The predicted octanol–water partition coefficient (Wildman–Crippen LogP) is 3.51. The van der Waals surface area contributed by atoms with Crippen LogP contribution < -0.4 is 10.1 Å². The highest BCUT2D eigenvalue weighted by molar-refractivity contribution is 6.31. The van der Waals surface area contributed by atoms with Crippen molar-refractivity contribution in [1.82, 2.24) is 5.32 Å². The summed E-state index contributed by atoms with van der Waals surface area (Å²) < 4.78 is 17.7. The lowest BCUT2D eigenvalue weighted by molar-refractivity contribution is -0.237. The summed E-state index contributed by atoms with van der Waals surface area (Å²) in [5, 5.41) is 37.9. The Bertz CT molecular complexity index is 1380. The molecule has 0 saturated heterocycles. The normalized spacial score (nSPS) is 26.4. The van der Waals surface area contributed by atoms with Crippen molar-refractivity contribution >= 4 is 11.6 Å². The van der Waals surface area contributed by atoms with Crippen LogP contribution in [0.15, 0.2) is 30.0 Å². The summed E-state index contributed by atoms with van der Waals surface area (Å²) in [5.41, 5.74) is -0.538. The molecule has 38 heavy (non-hydrogen) atoms. The smallest absolute Gasteiger partial charge is 0.202 e. The van der Waals surface area contributed by atoms with Crippen molar-refractivity contribution in [2.75, 3.05) is 20.8 Å². The van der Waals surface area contributed by atoms with Gasteiger partial charge in [0.05, 0.1) is 42.1 Å². The lowest BCUT2D eigenvalue weighted by Crippen LogP contribution is -2.46. The van der Waals surface area contributed by atoms with Crippen molar-refractivity contribution < 1.29 is 39.1 Å². The van der Waals surface area contributed by atoms with E-state index in [1.807, 2.05) is 13.8 Å². The molecule has 9 heteroatoms. The Labute approximate surface area is 221 Å². The van der Waals surface area contributed by atoms with Gasteiger partial charge in [0.25, 0.3) is 0 Å². The van der Waals surface area contributed by atoms with Crippen LogP contribution in [0.1, 0.15) is 82.7 Å². The number of hydrogen-bond donors (Lipinski definition) is 4. The second-order valence-corrected chi connectivity index (χ2v) is 10.7. The first-order valence-corrected chi connectivity index (χ1v) is 12.7. The van der Waals surface area contributed by atoms with Gasteiger partial charge in [0.2, 0.25) is 5.78 Å². The fraction of sp³-hybridized carbons (Fsp3) is 0.448. The van der Waals surface area contributed by atoms with E-state index in [0.717, 1.165) is 5.70 Å². The molecule has 3 unspecified atom stereocenters. The summed E-state index contributed by atoms with van der Waals surface area (Å²) in [7, 11) is 3.19. The largest absolute Gasteiger partial charge is 0.507 e. The fourth-order valence-corrected chi connectivity index (χ4v) is 5.83. The topological polar surface area (TPSA) is 135 Å². The average Bonchev–Trinajstić information content (AvgIpc) is 2.88. The van der Waals surface area contributed by atoms with Crippen molar-refractivity contribution in [2.24, 2.45) is 5.92 Å². The van der Waals surface area contributed by atoms with Gasteiger partial charge in [-0.3, -0.25) is 9.59 Å². The SMILES string of the molecule is CNC1=CC(C)(OC2CC(O)(C(C)C)Cc3c(O)c4c(c(O)c32)C(=O)c2c(OC)cccc2C4=O)OCC1. The number of carbonyl (C=O) groups excluding carboxylic acids is 2. The molecule has 0 radical (unpaired) electrons. The van der Waals surface area contributed by atoms with E-state index < -0.39 is 40.6 Å². The van der Waals surface area contributed by atoms with Gasteiger partial charge in [-0.25, -0.2) is 0 Å². The summed E-state index contributed by atoms with van der Waals surface area (Å²) in [4.78, 5) is 27.3. The molecule has 0 amide bonds. The van der Waals surface area contributed by atoms with Crippen LogP contribution in [0.5, 0.6) is 17.2 Å². The van der Waals surface area contributed by atoms with E-state index in [2.05, 4.69) is 5.32 Å². The first kappa shape index (κ1) is 26.2. The van der Waals surface area contributed by atoms with Crippen molar-refractivity contribution in [1.29, 1.82) is 0 Å². The maximum atomic E-state index is 13.7. The van der Waals surface area contributed by atoms with Crippen molar-refractivity contribution in [3.63, 3.8) is 0 Å². The Hall–Kier alpha value is -3.40. The van der Waals surface area contributed by atoms with Crippen molar-refractivity contribution in [2.45, 2.75) is 57.5 Å². The van der Waals surface area contributed by atoms with Crippen LogP contribution in [-0.2, 0) is 15.9 Å². The molecule has 1 aliphatic heterocycles. The highest BCUT2D eigenvalue weighted by atomic mass is 16.7. The zero-order chi connectivity index (χ0) is 27.6. The van der Waals surface area contributed by atoms with Gasteiger partial charge >= 0.3 is 0 Å². The minimum atomic E-state index is -1.32. The van der Waals surface area contributed by atoms with Gasteiger partial charge in [-0.15, -0.1) is 0 Å². The molecule has 2 aliphatic carbocycles. The van der Waals surface area contributed by atoms with E-state index in [-0.39, 0.29) is 57.9 Å². The van der Waals surface area contributed by atoms with Crippen LogP contribution in [-0.4, -0.2) is 59.0 Å². The van der Waals surface area contributed by atoms with Crippen LogP contribution in [0.4, 0.5) is 0 Å². The highest BCUT2D eigenvalue weighted by Crippen LogP contribution is 2.54. The van der Waals surface area contributed by atoms with Crippen LogP contribution in [0.2, 0.25) is 0 Å². The van der Waals surface area contributed by atoms with Gasteiger partial charge in [0, 0.05) is 48.7 Å². The first-order chi connectivity index (χ1) is 17.9. The molecule has 3 aliphatic rings. The quantitative estimate of drug-likeness (QED) is 0.371. The number of phenols is 2. The zero-order valence-electron chi connectivity index (χ0n) is 22.2. The summed E-state index contributed by atoms with van der Waals surface area (Å²) in [6.45, 7) is 5.83. The van der Waals surface area contributed by atoms with Crippen LogP contribution in [0.3, 0.4) is 0 Å². The van der Waals surface area contributed by atoms with Crippen molar-refractivity contribution in [3.8, 4) is 17.2 Å². The number of aliphatic hydroxyl groups is 1. The van der Waals surface area contributed by atoms with Crippen LogP contribution >= 0.6 is 0 Å². The van der Waals surface area contributed by atoms with Gasteiger partial charge < -0.3 is 34.8 Å². The Morgan fingerprint density at radius 1 is 1.11 bits per heavy atom. The first-order valence-electron chi connectivity index (χ1n) is 12.7. The third-order valence-electron chi connectivity index (χ3n) is 8.07. The molecule has 0 fully saturated rings. The molecule has 3 atom stereocenters. The molecule has 0 saturated carbocycles. The molecule has 9 nitrogen and oxygen atoms in total. The number of fused-ring (bicyclic) bond motifs is 3. The van der Waals surface area contributed by atoms with Gasteiger partial charge in [0.15, 0.2) is 11.6 Å². The molecule has 0 bridgehead atoms. The molecule has 202 valence electrons. The fourth-order valence-electron chi connectivity index (χ4n) is 5.83. The lowest BCUT2D eigenvalue weighted by Gasteiger charge is -2.44. The zero-order valence-corrected chi connectivity index (χ0v) is 22.2. The number of methoxy groups -OCH3 is 1. The Morgan fingerprint density at radius 3 is 2.47 bits per heavy atom. The average molecular weight is 524 g/mol. The van der Waals surface area contributed by atoms with Gasteiger partial charge in [-0.05, 0) is 25.0 Å². The number of phenolic OH excluding ortho intramolecular Hbond substituents is 2. The Balaban J connectivity index is 1.73. The molecular formula is C29H33NO8. The van der Waals surface area contributed by atoms with E-state index in [1.54, 1.807) is 32.2 Å². The highest BCUT2D eigenvalue weighted by Gasteiger charge is 2.49. The molecule has 0 spiro atoms. The number of benzene rings is 2. The summed E-state index contributed by atoms with van der Waals surface area (Å²) in [6, 6.07) is 4.63. The van der Waals surface area contributed by atoms with Crippen LogP contribution in [0.25, 0.3) is 0 Å². The van der Waals surface area contributed by atoms with Crippen LogP contribution in [0, 0.1) is 5.92 Å². The summed E-state index contributed by atoms with van der Waals surface area (Å²) >= 11 is 0. The molecular weight excluding hydrogens is 490 g/mol. The van der Waals surface area contributed by atoms with E-state index in [4.69, 9.17) is 14.2 Å². The number of nitrogens with one attached hydrogen (secondary N) is 1. The standard InChI is InChI=1S/C29H33NO8/c1-14(2)29(35)12-17-21(19(13-29)38-28(3)11-15(30-4)9-10-37-28)27(34)23-22(25(17)32)24(31)16-7-6-8-18(36-5)20(16)26(23)33/h6-8,11,14,19,30,32,34-35H,9-10,12-13H2,1-5H3. The lowest BCUT2D eigenvalue weighted by atomic mass is 9.70. The second-order valence-electron chi connectivity index (χ2n) is 10.7. The molecule has 2 aromatic rings.